The summed E-state index contributed by atoms with van der Waals surface area (Å²) in [6.45, 7) is 0. The van der Waals surface area contributed by atoms with E-state index in [2.05, 4.69) is 0 Å². The minimum absolute atomic E-state index is 0. The molecule has 4 heavy (non-hydrogen) atoms. The van der Waals surface area contributed by atoms with Crippen molar-refractivity contribution < 1.29 is 10.6 Å². The second-order valence-electron chi connectivity index (χ2n) is 0.100. The fraction of sp³-hybridized carbons (Fsp3) is 0. The Morgan fingerprint density at radius 2 is 1.75 bits per heavy atom. The average Bonchev–Trinajstić information content (AvgIpc) is 0.918. The molecule has 0 unspecified atom stereocenters. The van der Waals surface area contributed by atoms with E-state index >= 15 is 0 Å². The molecule has 2 radical (unpaired) electrons. The van der Waals surface area contributed by atoms with Gasteiger partial charge in [-0.25, -0.2) is 0 Å². The highest BCUT2D eigenvalue weighted by atomic mass is 16.2. The van der Waals surface area contributed by atoms with Crippen LogP contribution in [0.3, 0.4) is 0 Å². The van der Waals surface area contributed by atoms with Gasteiger partial charge in [0.05, 0.1) is 0 Å². The van der Waals surface area contributed by atoms with Crippen LogP contribution >= 0.6 is 0 Å². The van der Waals surface area contributed by atoms with Crippen LogP contribution < -0.4 is 0 Å². The van der Waals surface area contributed by atoms with Gasteiger partial charge in [0, 0.05) is 5.48 Å². The topological polar surface area (TPSA) is 72.5 Å². The van der Waals surface area contributed by atoms with E-state index in [0.717, 1.165) is 6.26 Å². The lowest BCUT2D eigenvalue weighted by Gasteiger charge is -1.25. The van der Waals surface area contributed by atoms with E-state index in [1.165, 1.54) is 0 Å². The zero-order valence-electron chi connectivity index (χ0n) is 1.80. The van der Waals surface area contributed by atoms with Gasteiger partial charge in [0.1, 0.15) is 0 Å². The summed E-state index contributed by atoms with van der Waals surface area (Å²) >= 11 is 0. The van der Waals surface area contributed by atoms with Crippen molar-refractivity contribution in [2.24, 2.45) is 0 Å². The van der Waals surface area contributed by atoms with Gasteiger partial charge in [-0.2, -0.15) is 5.26 Å². The Labute approximate surface area is 23.4 Å². The van der Waals surface area contributed by atoms with Crippen molar-refractivity contribution in [3.63, 3.8) is 0 Å². The quantitative estimate of drug-likeness (QED) is 0.390. The maximum atomic E-state index is 6.88. The SMILES string of the molecule is N#CO.[O]. The Morgan fingerprint density at radius 1 is 1.75 bits per heavy atom. The summed E-state index contributed by atoms with van der Waals surface area (Å²) < 4.78 is 0. The summed E-state index contributed by atoms with van der Waals surface area (Å²) in [7, 11) is 0. The van der Waals surface area contributed by atoms with Gasteiger partial charge in [0.25, 0.3) is 6.26 Å². The minimum atomic E-state index is 0. The van der Waals surface area contributed by atoms with Crippen LogP contribution in [-0.4, -0.2) is 5.11 Å². The van der Waals surface area contributed by atoms with Gasteiger partial charge < -0.3 is 5.11 Å². The molecule has 0 aromatic rings. The Balaban J connectivity index is 0. The minimum Gasteiger partial charge on any atom is -0.443 e. The van der Waals surface area contributed by atoms with Crippen LogP contribution in [-0.2, 0) is 5.48 Å². The van der Waals surface area contributed by atoms with Gasteiger partial charge in [-0.3, -0.25) is 0 Å². The Hall–Kier alpha value is -0.750. The summed E-state index contributed by atoms with van der Waals surface area (Å²) in [6, 6.07) is 0. The number of rotatable bonds is 0. The largest absolute Gasteiger partial charge is 0.443 e. The van der Waals surface area contributed by atoms with E-state index in [-0.39, 0.29) is 5.48 Å². The van der Waals surface area contributed by atoms with E-state index in [4.69, 9.17) is 10.4 Å². The lowest BCUT2D eigenvalue weighted by molar-refractivity contribution is 0.503. The van der Waals surface area contributed by atoms with Crippen LogP contribution in [0.2, 0.25) is 0 Å². The fourth-order valence-corrected chi connectivity index (χ4v) is 0. The molecule has 3 nitrogen and oxygen atoms in total. The molecule has 0 atom stereocenters. The maximum absolute atomic E-state index is 6.88. The van der Waals surface area contributed by atoms with E-state index in [1.807, 2.05) is 0 Å². The third kappa shape index (κ3) is 0.139. The summed E-state index contributed by atoms with van der Waals surface area (Å²) in [5.74, 6) is 0. The standard InChI is InChI=1S/CHNO.O/c2-1-3;/h3H;. The molecule has 0 fully saturated rings. The second-order valence-corrected chi connectivity index (χ2v) is 0.100. The molecule has 0 bridgehead atoms. The predicted octanol–water partition coefficient (Wildman–Crippen LogP) is -0.279. The molecule has 0 saturated heterocycles. The highest BCUT2D eigenvalue weighted by molar-refractivity contribution is 4.30. The monoisotopic (exact) mass is 59.0 g/mol. The average molecular weight is 59.0 g/mol. The predicted molar refractivity (Wildman–Crippen MR) is 8.24 cm³/mol. The van der Waals surface area contributed by atoms with Crippen LogP contribution in [0.1, 0.15) is 0 Å². The number of hydrogen-bond donors (Lipinski definition) is 1. The first-order valence-corrected chi connectivity index (χ1v) is 0.447. The molecule has 1 N–H and O–H groups in total. The van der Waals surface area contributed by atoms with E-state index < -0.39 is 0 Å². The summed E-state index contributed by atoms with van der Waals surface area (Å²) in [6.07, 6.45) is 0.750. The molecule has 0 aliphatic carbocycles. The number of aliphatic hydroxyl groups is 1. The molecular weight excluding hydrogens is 58.0 g/mol. The third-order valence-electron chi connectivity index (χ3n) is 0. The molecule has 0 saturated carbocycles. The molecule has 0 heterocycles. The van der Waals surface area contributed by atoms with Gasteiger partial charge in [0.15, 0.2) is 0 Å². The highest BCUT2D eigenvalue weighted by Gasteiger charge is 1.16. The second kappa shape index (κ2) is 56.2. The van der Waals surface area contributed by atoms with E-state index in [0.29, 0.717) is 0 Å². The Kier molecular flexibility index (Phi) is 148. The summed E-state index contributed by atoms with van der Waals surface area (Å²) in [5, 5.41) is 13.8. The first kappa shape index (κ1) is 10.5. The Bertz CT molecular complexity index is 27.5. The smallest absolute Gasteiger partial charge is 0.283 e. The summed E-state index contributed by atoms with van der Waals surface area (Å²) in [5.41, 5.74) is 0. The van der Waals surface area contributed by atoms with Gasteiger partial charge in [-0.1, -0.05) is 0 Å². The van der Waals surface area contributed by atoms with Crippen LogP contribution in [0.25, 0.3) is 0 Å². The summed E-state index contributed by atoms with van der Waals surface area (Å²) in [4.78, 5) is 0. The third-order valence-corrected chi connectivity index (χ3v) is 0. The first-order chi connectivity index (χ1) is 1.41. The van der Waals surface area contributed by atoms with Gasteiger partial charge in [-0.15, -0.1) is 0 Å². The molecule has 3 heteroatoms. The Morgan fingerprint density at radius 3 is 1.75 bits per heavy atom. The van der Waals surface area contributed by atoms with Crippen LogP contribution in [0, 0.1) is 11.5 Å². The van der Waals surface area contributed by atoms with Crippen molar-refractivity contribution in [3.05, 3.63) is 0 Å². The van der Waals surface area contributed by atoms with Crippen molar-refractivity contribution in [2.75, 3.05) is 0 Å². The van der Waals surface area contributed by atoms with Crippen LogP contribution in [0.4, 0.5) is 0 Å². The molecule has 0 aromatic carbocycles. The van der Waals surface area contributed by atoms with Crippen molar-refractivity contribution in [2.45, 2.75) is 0 Å². The zero-order valence-corrected chi connectivity index (χ0v) is 1.80. The van der Waals surface area contributed by atoms with E-state index in [1.54, 1.807) is 0 Å². The fourth-order valence-electron chi connectivity index (χ4n) is 0. The number of hydrogen-bond acceptors (Lipinski definition) is 2. The molecule has 0 amide bonds. The number of nitrogens with zero attached hydrogens (tertiary/aromatic N) is 1. The molecule has 0 aliphatic rings. The molecular formula is CHNO2. The molecule has 0 spiro atoms. The molecule has 0 rings (SSSR count). The lowest BCUT2D eigenvalue weighted by Crippen LogP contribution is -1.27. The van der Waals surface area contributed by atoms with Crippen molar-refractivity contribution in [3.8, 4) is 6.26 Å². The van der Waals surface area contributed by atoms with Crippen molar-refractivity contribution >= 4 is 0 Å². The van der Waals surface area contributed by atoms with Crippen molar-refractivity contribution in [1.82, 2.24) is 0 Å². The van der Waals surface area contributed by atoms with Gasteiger partial charge in [0.2, 0.25) is 0 Å². The number of aliphatic hydroxyl groups excluding tert-OH is 1. The van der Waals surface area contributed by atoms with E-state index in [9.17, 15) is 0 Å². The van der Waals surface area contributed by atoms with Gasteiger partial charge in [-0.05, 0) is 0 Å². The zero-order chi connectivity index (χ0) is 2.71. The van der Waals surface area contributed by atoms with Crippen LogP contribution in [0.15, 0.2) is 0 Å². The molecule has 0 aliphatic heterocycles. The normalized spacial score (nSPS) is 1.75. The lowest BCUT2D eigenvalue weighted by atomic mass is 11.6. The maximum Gasteiger partial charge on any atom is 0.283 e. The molecule has 0 aromatic heterocycles. The number of nitriles is 1. The highest BCUT2D eigenvalue weighted by Crippen LogP contribution is 1.06. The van der Waals surface area contributed by atoms with Crippen molar-refractivity contribution in [1.29, 1.82) is 5.26 Å². The van der Waals surface area contributed by atoms with Crippen LogP contribution in [0.5, 0.6) is 0 Å². The first-order valence-electron chi connectivity index (χ1n) is 0.447. The van der Waals surface area contributed by atoms with Gasteiger partial charge >= 0.3 is 0 Å². The molecule has 22 valence electrons.